The number of carbonyl (C=O) groups excluding carboxylic acids is 2. The van der Waals surface area contributed by atoms with Gasteiger partial charge in [-0.1, -0.05) is 33.8 Å². The van der Waals surface area contributed by atoms with Gasteiger partial charge in [-0.25, -0.2) is 0 Å². The number of rotatable bonds is 3. The van der Waals surface area contributed by atoms with Crippen LogP contribution in [0.4, 0.5) is 0 Å². The molecule has 2 aromatic rings. The molecule has 3 N–H and O–H groups in total. The summed E-state index contributed by atoms with van der Waals surface area (Å²) in [5.41, 5.74) is 3.39. The van der Waals surface area contributed by atoms with Gasteiger partial charge in [-0.2, -0.15) is 5.01 Å². The molecule has 2 aromatic carbocycles. The lowest BCUT2D eigenvalue weighted by Gasteiger charge is -2.15. The van der Waals surface area contributed by atoms with E-state index in [0.717, 1.165) is 21.2 Å². The summed E-state index contributed by atoms with van der Waals surface area (Å²) in [5, 5.41) is 19.9. The highest BCUT2D eigenvalue weighted by Crippen LogP contribution is 2.33. The quantitative estimate of drug-likeness (QED) is 0.377. The number of amides is 2. The number of thiocarbonyl (C=S) groups is 1. The van der Waals surface area contributed by atoms with Crippen LogP contribution in [0.15, 0.2) is 51.8 Å². The minimum atomic E-state index is -0.474. The summed E-state index contributed by atoms with van der Waals surface area (Å²) in [6, 6.07) is 10.9. The van der Waals surface area contributed by atoms with E-state index < -0.39 is 11.8 Å². The third kappa shape index (κ3) is 3.90. The molecule has 3 rings (SSSR count). The Balaban J connectivity index is 1.78. The molecular weight excluding hydrogens is 440 g/mol. The van der Waals surface area contributed by atoms with Crippen LogP contribution in [0, 0.1) is 0 Å². The highest BCUT2D eigenvalue weighted by atomic mass is 79.9. The van der Waals surface area contributed by atoms with Crippen LogP contribution in [0.2, 0.25) is 0 Å². The van der Waals surface area contributed by atoms with E-state index in [1.54, 1.807) is 30.3 Å². The number of benzene rings is 2. The molecule has 0 aromatic heterocycles. The van der Waals surface area contributed by atoms with Gasteiger partial charge in [-0.15, -0.1) is 0 Å². The Labute approximate surface area is 166 Å². The van der Waals surface area contributed by atoms with Gasteiger partial charge in [-0.05, 0) is 60.3 Å². The minimum absolute atomic E-state index is 0.190. The second kappa shape index (κ2) is 7.48. The molecule has 1 saturated heterocycles. The second-order valence-corrected chi connectivity index (χ2v) is 7.80. The Morgan fingerprint density at radius 2 is 1.85 bits per heavy atom. The van der Waals surface area contributed by atoms with Crippen molar-refractivity contribution >= 4 is 62.1 Å². The lowest BCUT2D eigenvalue weighted by Crippen LogP contribution is -2.44. The van der Waals surface area contributed by atoms with Crippen LogP contribution in [0.3, 0.4) is 0 Å². The average Bonchev–Trinajstić information content (AvgIpc) is 2.86. The molecule has 0 saturated carbocycles. The monoisotopic (exact) mass is 450 g/mol. The van der Waals surface area contributed by atoms with Crippen molar-refractivity contribution in [3.8, 4) is 11.5 Å². The van der Waals surface area contributed by atoms with Gasteiger partial charge in [0.15, 0.2) is 15.8 Å². The summed E-state index contributed by atoms with van der Waals surface area (Å²) < 4.78 is 1.02. The lowest BCUT2D eigenvalue weighted by atomic mass is 10.2. The van der Waals surface area contributed by atoms with Gasteiger partial charge in [-0.3, -0.25) is 15.0 Å². The summed E-state index contributed by atoms with van der Waals surface area (Å²) in [7, 11) is 0. The molecule has 1 fully saturated rings. The predicted molar refractivity (Wildman–Crippen MR) is 106 cm³/mol. The van der Waals surface area contributed by atoms with Crippen molar-refractivity contribution in [2.24, 2.45) is 0 Å². The van der Waals surface area contributed by atoms with Crippen molar-refractivity contribution in [2.45, 2.75) is 0 Å². The SMILES string of the molecule is O=C(NN1C(=O)/C(=C/c2ccc(O)c(O)c2)SC1=S)c1ccc(Br)cc1. The molecular formula is C17H11BrN2O4S2. The first-order valence-electron chi connectivity index (χ1n) is 7.21. The maximum absolute atomic E-state index is 12.5. The van der Waals surface area contributed by atoms with Gasteiger partial charge >= 0.3 is 0 Å². The maximum atomic E-state index is 12.5. The summed E-state index contributed by atoms with van der Waals surface area (Å²) in [4.78, 5) is 25.1. The molecule has 1 aliphatic heterocycles. The smallest absolute Gasteiger partial charge is 0.285 e. The third-order valence-corrected chi connectivity index (χ3v) is 5.24. The van der Waals surface area contributed by atoms with Crippen LogP contribution >= 0.6 is 39.9 Å². The topological polar surface area (TPSA) is 89.9 Å². The molecule has 26 heavy (non-hydrogen) atoms. The maximum Gasteiger partial charge on any atom is 0.285 e. The Hall–Kier alpha value is -2.36. The first kappa shape index (κ1) is 18.4. The minimum Gasteiger partial charge on any atom is -0.504 e. The molecule has 9 heteroatoms. The van der Waals surface area contributed by atoms with Crippen LogP contribution in [-0.2, 0) is 4.79 Å². The predicted octanol–water partition coefficient (Wildman–Crippen LogP) is 3.41. The number of thioether (sulfide) groups is 1. The zero-order valence-corrected chi connectivity index (χ0v) is 16.2. The number of phenols is 2. The van der Waals surface area contributed by atoms with E-state index >= 15 is 0 Å². The van der Waals surface area contributed by atoms with Crippen molar-refractivity contribution in [1.29, 1.82) is 0 Å². The van der Waals surface area contributed by atoms with E-state index in [0.29, 0.717) is 11.1 Å². The number of hydrogen-bond donors (Lipinski definition) is 3. The number of nitrogens with one attached hydrogen (secondary N) is 1. The summed E-state index contributed by atoms with van der Waals surface area (Å²) in [5.74, 6) is -1.48. The number of phenolic OH excluding ortho intramolecular Hbond substituents is 2. The van der Waals surface area contributed by atoms with E-state index in [-0.39, 0.29) is 20.7 Å². The van der Waals surface area contributed by atoms with Crippen LogP contribution in [0.25, 0.3) is 6.08 Å². The van der Waals surface area contributed by atoms with Gasteiger partial charge in [0, 0.05) is 10.0 Å². The van der Waals surface area contributed by atoms with Crippen molar-refractivity contribution in [2.75, 3.05) is 0 Å². The molecule has 1 aliphatic rings. The fraction of sp³-hybridized carbons (Fsp3) is 0. The van der Waals surface area contributed by atoms with Crippen molar-refractivity contribution in [3.05, 3.63) is 63.0 Å². The zero-order chi connectivity index (χ0) is 18.8. The fourth-order valence-electron chi connectivity index (χ4n) is 2.11. The van der Waals surface area contributed by atoms with E-state index in [9.17, 15) is 19.8 Å². The van der Waals surface area contributed by atoms with Gasteiger partial charge in [0.05, 0.1) is 4.91 Å². The second-order valence-electron chi connectivity index (χ2n) is 5.21. The fourth-order valence-corrected chi connectivity index (χ4v) is 3.56. The highest BCUT2D eigenvalue weighted by molar-refractivity contribution is 9.10. The van der Waals surface area contributed by atoms with Gasteiger partial charge in [0.2, 0.25) is 0 Å². The van der Waals surface area contributed by atoms with Crippen molar-refractivity contribution < 1.29 is 19.8 Å². The first-order valence-corrected chi connectivity index (χ1v) is 9.23. The van der Waals surface area contributed by atoms with Crippen LogP contribution in [0.1, 0.15) is 15.9 Å². The molecule has 0 unspecified atom stereocenters. The van der Waals surface area contributed by atoms with Crippen LogP contribution < -0.4 is 5.43 Å². The van der Waals surface area contributed by atoms with E-state index in [1.165, 1.54) is 18.2 Å². The standard InChI is InChI=1S/C17H11BrN2O4S2/c18-11-4-2-10(3-5-11)15(23)19-20-16(24)14(26-17(20)25)8-9-1-6-12(21)13(22)7-9/h1-8,21-22H,(H,19,23)/b14-8-. The Morgan fingerprint density at radius 1 is 1.15 bits per heavy atom. The van der Waals surface area contributed by atoms with Crippen LogP contribution in [-0.4, -0.2) is 31.4 Å². The normalized spacial score (nSPS) is 15.6. The lowest BCUT2D eigenvalue weighted by molar-refractivity contribution is -0.123. The summed E-state index contributed by atoms with van der Waals surface area (Å²) in [6.07, 6.45) is 1.52. The van der Waals surface area contributed by atoms with Gasteiger partial charge < -0.3 is 10.2 Å². The Bertz CT molecular complexity index is 944. The molecule has 2 amide bonds. The molecule has 0 atom stereocenters. The number of hydrogen-bond acceptors (Lipinski definition) is 6. The van der Waals surface area contributed by atoms with Crippen LogP contribution in [0.5, 0.6) is 11.5 Å². The largest absolute Gasteiger partial charge is 0.504 e. The number of aromatic hydroxyl groups is 2. The summed E-state index contributed by atoms with van der Waals surface area (Å²) >= 11 is 9.48. The molecule has 0 aliphatic carbocycles. The molecule has 0 radical (unpaired) electrons. The molecule has 0 bridgehead atoms. The first-order chi connectivity index (χ1) is 12.3. The van der Waals surface area contributed by atoms with Gasteiger partial charge in [0.1, 0.15) is 0 Å². The van der Waals surface area contributed by atoms with Crippen molar-refractivity contribution in [1.82, 2.24) is 10.4 Å². The molecule has 132 valence electrons. The van der Waals surface area contributed by atoms with E-state index in [4.69, 9.17) is 12.2 Å². The molecule has 0 spiro atoms. The summed E-state index contributed by atoms with van der Waals surface area (Å²) in [6.45, 7) is 0. The number of nitrogens with zero attached hydrogens (tertiary/aromatic N) is 1. The van der Waals surface area contributed by atoms with Gasteiger partial charge in [0.25, 0.3) is 11.8 Å². The van der Waals surface area contributed by atoms with E-state index in [2.05, 4.69) is 21.4 Å². The third-order valence-electron chi connectivity index (χ3n) is 3.41. The van der Waals surface area contributed by atoms with E-state index in [1.807, 2.05) is 0 Å². The molecule has 6 nitrogen and oxygen atoms in total. The average molecular weight is 451 g/mol. The number of carbonyl (C=O) groups is 2. The highest BCUT2D eigenvalue weighted by Gasteiger charge is 2.33. The Kier molecular flexibility index (Phi) is 5.30. The zero-order valence-electron chi connectivity index (χ0n) is 13.0. The molecule has 1 heterocycles. The Morgan fingerprint density at radius 3 is 2.50 bits per heavy atom. The number of hydrazine groups is 1. The van der Waals surface area contributed by atoms with Crippen molar-refractivity contribution in [3.63, 3.8) is 0 Å². The number of halogens is 1.